The van der Waals surface area contributed by atoms with Crippen LogP contribution in [-0.4, -0.2) is 46.2 Å². The molecule has 0 spiro atoms. The van der Waals surface area contributed by atoms with E-state index in [4.69, 9.17) is 18.5 Å². The molecule has 16 heavy (non-hydrogen) atoms. The first kappa shape index (κ1) is 15.6. The van der Waals surface area contributed by atoms with Crippen molar-refractivity contribution in [3.05, 3.63) is 0 Å². The molecule has 0 heterocycles. The van der Waals surface area contributed by atoms with E-state index in [0.29, 0.717) is 26.2 Å². The number of esters is 1. The zero-order valence-corrected chi connectivity index (χ0v) is 10.8. The van der Waals surface area contributed by atoms with E-state index in [9.17, 15) is 9.36 Å². The summed E-state index contributed by atoms with van der Waals surface area (Å²) < 4.78 is 30.9. The van der Waals surface area contributed by atoms with E-state index in [1.165, 1.54) is 21.1 Å². The molecule has 0 unspecified atom stereocenters. The number of rotatable bonds is 9. The number of carbonyl (C=O) groups excluding carboxylic acids is 1. The Kier molecular flexibility index (Phi) is 8.47. The third-order valence-electron chi connectivity index (χ3n) is 1.80. The number of carbonyl (C=O) groups is 1. The lowest BCUT2D eigenvalue weighted by molar-refractivity contribution is -0.141. The summed E-state index contributed by atoms with van der Waals surface area (Å²) in [6.07, 6.45) is 0.831. The first-order valence-electron chi connectivity index (χ1n) is 4.95. The minimum Gasteiger partial charge on any atom is -0.466 e. The molecular formula is C9H19O6P. The van der Waals surface area contributed by atoms with Gasteiger partial charge in [-0.15, -0.1) is 0 Å². The van der Waals surface area contributed by atoms with Crippen LogP contribution in [-0.2, 0) is 27.9 Å². The van der Waals surface area contributed by atoms with Crippen LogP contribution >= 0.6 is 7.60 Å². The maximum Gasteiger partial charge on any atom is 0.332 e. The Balaban J connectivity index is 3.40. The fourth-order valence-corrected chi connectivity index (χ4v) is 1.78. The predicted octanol–water partition coefficient (Wildman–Crippen LogP) is 1.44. The van der Waals surface area contributed by atoms with Gasteiger partial charge in [-0.1, -0.05) is 0 Å². The van der Waals surface area contributed by atoms with Crippen molar-refractivity contribution in [3.8, 4) is 0 Å². The minimum absolute atomic E-state index is 0.216. The van der Waals surface area contributed by atoms with E-state index in [0.717, 1.165) is 0 Å². The lowest BCUT2D eigenvalue weighted by Crippen LogP contribution is -2.07. The summed E-state index contributed by atoms with van der Waals surface area (Å²) in [5, 5.41) is 0. The zero-order chi connectivity index (χ0) is 12.4. The van der Waals surface area contributed by atoms with Crippen LogP contribution in [0, 0.1) is 0 Å². The molecule has 0 fully saturated rings. The maximum absolute atomic E-state index is 11.5. The van der Waals surface area contributed by atoms with Crippen LogP contribution in [0.3, 0.4) is 0 Å². The molecule has 0 aromatic heterocycles. The highest BCUT2D eigenvalue weighted by molar-refractivity contribution is 7.53. The molecule has 0 aliphatic rings. The van der Waals surface area contributed by atoms with E-state index in [1.54, 1.807) is 0 Å². The van der Waals surface area contributed by atoms with Crippen LogP contribution in [0.1, 0.15) is 13.3 Å². The highest BCUT2D eigenvalue weighted by Crippen LogP contribution is 2.45. The van der Waals surface area contributed by atoms with Gasteiger partial charge in [0.1, 0.15) is 0 Å². The fourth-order valence-electron chi connectivity index (χ4n) is 0.912. The maximum atomic E-state index is 11.5. The van der Waals surface area contributed by atoms with Crippen LogP contribution < -0.4 is 0 Å². The molecule has 0 N–H and O–H groups in total. The van der Waals surface area contributed by atoms with E-state index in [2.05, 4.69) is 0 Å². The molecular weight excluding hydrogens is 235 g/mol. The second-order valence-corrected chi connectivity index (χ2v) is 5.40. The molecule has 0 saturated carbocycles. The minimum atomic E-state index is -2.96. The van der Waals surface area contributed by atoms with Crippen molar-refractivity contribution in [2.45, 2.75) is 13.3 Å². The summed E-state index contributed by atoms with van der Waals surface area (Å²) in [5.41, 5.74) is 0. The van der Waals surface area contributed by atoms with Crippen molar-refractivity contribution >= 4 is 13.6 Å². The Bertz CT molecular complexity index is 234. The largest absolute Gasteiger partial charge is 0.466 e. The molecule has 0 atom stereocenters. The highest BCUT2D eigenvalue weighted by Gasteiger charge is 2.19. The standard InChI is InChI=1S/C9H19O6P/c1-9(10)15-6-4-5-14-7-8-16(11,12-2)13-3/h4-8H2,1-3H3. The van der Waals surface area contributed by atoms with Crippen molar-refractivity contribution in [2.75, 3.05) is 40.2 Å². The van der Waals surface area contributed by atoms with Crippen LogP contribution in [0.25, 0.3) is 0 Å². The van der Waals surface area contributed by atoms with Gasteiger partial charge in [0.15, 0.2) is 0 Å². The van der Waals surface area contributed by atoms with Crippen LogP contribution in [0.4, 0.5) is 0 Å². The van der Waals surface area contributed by atoms with Gasteiger partial charge in [0.25, 0.3) is 0 Å². The molecule has 0 aliphatic carbocycles. The molecule has 0 rings (SSSR count). The third kappa shape index (κ3) is 7.82. The summed E-state index contributed by atoms with van der Waals surface area (Å²) in [7, 11) is -0.286. The lowest BCUT2D eigenvalue weighted by atomic mass is 10.5. The quantitative estimate of drug-likeness (QED) is 0.352. The molecule has 0 aromatic carbocycles. The first-order valence-corrected chi connectivity index (χ1v) is 6.68. The van der Waals surface area contributed by atoms with Gasteiger partial charge < -0.3 is 18.5 Å². The zero-order valence-electron chi connectivity index (χ0n) is 9.93. The molecule has 6 nitrogen and oxygen atoms in total. The van der Waals surface area contributed by atoms with Gasteiger partial charge in [-0.25, -0.2) is 0 Å². The van der Waals surface area contributed by atoms with Crippen molar-refractivity contribution in [2.24, 2.45) is 0 Å². The summed E-state index contributed by atoms with van der Waals surface area (Å²) in [6, 6.07) is 0. The van der Waals surface area contributed by atoms with Gasteiger partial charge in [0.2, 0.25) is 0 Å². The van der Waals surface area contributed by atoms with Gasteiger partial charge >= 0.3 is 13.6 Å². The molecule has 0 radical (unpaired) electrons. The first-order chi connectivity index (χ1) is 7.54. The van der Waals surface area contributed by atoms with Crippen molar-refractivity contribution < 1.29 is 27.9 Å². The Hall–Kier alpha value is -0.420. The Morgan fingerprint density at radius 2 is 1.75 bits per heavy atom. The van der Waals surface area contributed by atoms with Gasteiger partial charge in [0.05, 0.1) is 19.4 Å². The average molecular weight is 254 g/mol. The molecule has 96 valence electrons. The Labute approximate surface area is 95.7 Å². The smallest absolute Gasteiger partial charge is 0.332 e. The predicted molar refractivity (Wildman–Crippen MR) is 58.6 cm³/mol. The highest BCUT2D eigenvalue weighted by atomic mass is 31.2. The van der Waals surface area contributed by atoms with Gasteiger partial charge in [0, 0.05) is 34.2 Å². The number of hydrogen-bond acceptors (Lipinski definition) is 6. The Morgan fingerprint density at radius 1 is 1.12 bits per heavy atom. The topological polar surface area (TPSA) is 71.1 Å². The molecule has 0 aromatic rings. The van der Waals surface area contributed by atoms with E-state index >= 15 is 0 Å². The fraction of sp³-hybridized carbons (Fsp3) is 0.889. The van der Waals surface area contributed by atoms with Crippen molar-refractivity contribution in [1.29, 1.82) is 0 Å². The summed E-state index contributed by atoms with van der Waals surface area (Å²) in [4.78, 5) is 10.4. The van der Waals surface area contributed by atoms with E-state index < -0.39 is 7.60 Å². The molecule has 7 heteroatoms. The second-order valence-electron chi connectivity index (χ2n) is 3.01. The van der Waals surface area contributed by atoms with Crippen LogP contribution in [0.2, 0.25) is 0 Å². The molecule has 0 aliphatic heterocycles. The van der Waals surface area contributed by atoms with Crippen LogP contribution in [0.5, 0.6) is 0 Å². The number of ether oxygens (including phenoxy) is 2. The van der Waals surface area contributed by atoms with E-state index in [-0.39, 0.29) is 12.1 Å². The molecule has 0 bridgehead atoms. The normalized spacial score (nSPS) is 11.4. The third-order valence-corrected chi connectivity index (χ3v) is 3.65. The molecule has 0 amide bonds. The van der Waals surface area contributed by atoms with Gasteiger partial charge in [-0.05, 0) is 0 Å². The second kappa shape index (κ2) is 8.70. The summed E-state index contributed by atoms with van der Waals surface area (Å²) in [6.45, 7) is 2.43. The number of hydrogen-bond donors (Lipinski definition) is 0. The lowest BCUT2D eigenvalue weighted by Gasteiger charge is -2.13. The van der Waals surface area contributed by atoms with Crippen molar-refractivity contribution in [3.63, 3.8) is 0 Å². The molecule has 0 saturated heterocycles. The van der Waals surface area contributed by atoms with E-state index in [1.807, 2.05) is 0 Å². The van der Waals surface area contributed by atoms with Gasteiger partial charge in [-0.2, -0.15) is 0 Å². The van der Waals surface area contributed by atoms with Crippen LogP contribution in [0.15, 0.2) is 0 Å². The monoisotopic (exact) mass is 254 g/mol. The Morgan fingerprint density at radius 3 is 2.25 bits per heavy atom. The SMILES string of the molecule is COP(=O)(CCOCCCOC(C)=O)OC. The van der Waals surface area contributed by atoms with Crippen molar-refractivity contribution in [1.82, 2.24) is 0 Å². The average Bonchev–Trinajstić information content (AvgIpc) is 2.27. The summed E-state index contributed by atoms with van der Waals surface area (Å²) >= 11 is 0. The summed E-state index contributed by atoms with van der Waals surface area (Å²) in [5.74, 6) is -0.303. The van der Waals surface area contributed by atoms with Gasteiger partial charge in [-0.3, -0.25) is 9.36 Å².